The summed E-state index contributed by atoms with van der Waals surface area (Å²) < 4.78 is 1.42. The van der Waals surface area contributed by atoms with Gasteiger partial charge in [0, 0.05) is 25.0 Å². The van der Waals surface area contributed by atoms with E-state index in [1.54, 1.807) is 0 Å². The second kappa shape index (κ2) is 6.70. The van der Waals surface area contributed by atoms with Gasteiger partial charge in [-0.25, -0.2) is 0 Å². The summed E-state index contributed by atoms with van der Waals surface area (Å²) in [5.74, 6) is 1.42. The van der Waals surface area contributed by atoms with Crippen molar-refractivity contribution in [2.45, 2.75) is 51.0 Å². The van der Waals surface area contributed by atoms with E-state index < -0.39 is 0 Å². The van der Waals surface area contributed by atoms with Crippen molar-refractivity contribution in [3.8, 4) is 0 Å². The predicted octanol–water partition coefficient (Wildman–Crippen LogP) is 1.50. The number of nitrogens with one attached hydrogen (secondary N) is 1. The number of piperidine rings is 1. The molecule has 1 aliphatic carbocycles. The average Bonchev–Trinajstić information content (AvgIpc) is 3.10. The third-order valence-electron chi connectivity index (χ3n) is 5.18. The molecule has 0 unspecified atom stereocenters. The Kier molecular flexibility index (Phi) is 4.27. The molecule has 24 heavy (non-hydrogen) atoms. The lowest BCUT2D eigenvalue weighted by Gasteiger charge is -2.35. The van der Waals surface area contributed by atoms with Gasteiger partial charge >= 0.3 is 0 Å². The maximum atomic E-state index is 12.6. The Labute approximate surface area is 140 Å². The number of tetrazole rings is 1. The van der Waals surface area contributed by atoms with Gasteiger partial charge in [0.1, 0.15) is 5.82 Å². The molecule has 4 rings (SSSR count). The van der Waals surface area contributed by atoms with E-state index in [2.05, 4.69) is 30.8 Å². The minimum Gasteiger partial charge on any atom is -0.366 e. The molecule has 2 fully saturated rings. The van der Waals surface area contributed by atoms with Gasteiger partial charge < -0.3 is 10.2 Å². The number of aromatic nitrogens is 5. The molecule has 128 valence electrons. The summed E-state index contributed by atoms with van der Waals surface area (Å²) in [5, 5.41) is 19.0. The van der Waals surface area contributed by atoms with Gasteiger partial charge in [-0.05, 0) is 48.2 Å². The van der Waals surface area contributed by atoms with Crippen molar-refractivity contribution < 1.29 is 4.79 Å². The largest absolute Gasteiger partial charge is 0.366 e. The van der Waals surface area contributed by atoms with Crippen molar-refractivity contribution in [2.24, 2.45) is 5.92 Å². The van der Waals surface area contributed by atoms with Crippen molar-refractivity contribution in [3.63, 3.8) is 0 Å². The Balaban J connectivity index is 1.31. The van der Waals surface area contributed by atoms with Crippen molar-refractivity contribution in [1.82, 2.24) is 30.2 Å². The molecule has 2 aromatic heterocycles. The van der Waals surface area contributed by atoms with E-state index in [1.807, 2.05) is 12.1 Å². The third kappa shape index (κ3) is 3.18. The summed E-state index contributed by atoms with van der Waals surface area (Å²) in [5.41, 5.74) is 0.633. The second-order valence-corrected chi connectivity index (χ2v) is 6.82. The Hall–Kier alpha value is -2.25. The van der Waals surface area contributed by atoms with E-state index >= 15 is 0 Å². The van der Waals surface area contributed by atoms with Crippen molar-refractivity contribution >= 4 is 17.4 Å². The molecule has 0 bridgehead atoms. The van der Waals surface area contributed by atoms with Crippen LogP contribution in [0, 0.1) is 5.92 Å². The molecule has 3 heterocycles. The fraction of sp³-hybridized carbons (Fsp3) is 0.688. The lowest BCUT2D eigenvalue weighted by Crippen LogP contribution is -2.45. The predicted molar refractivity (Wildman–Crippen MR) is 88.4 cm³/mol. The van der Waals surface area contributed by atoms with Crippen LogP contribution in [-0.4, -0.2) is 55.2 Å². The van der Waals surface area contributed by atoms with Gasteiger partial charge in [0.2, 0.25) is 5.91 Å². The average molecular weight is 329 g/mol. The van der Waals surface area contributed by atoms with Crippen LogP contribution in [-0.2, 0) is 4.79 Å². The van der Waals surface area contributed by atoms with Crippen LogP contribution >= 0.6 is 0 Å². The Bertz CT molecular complexity index is 701. The minimum atomic E-state index is 0.271. The number of rotatable bonds is 3. The van der Waals surface area contributed by atoms with E-state index in [1.165, 1.54) is 23.9 Å². The fourth-order valence-corrected chi connectivity index (χ4v) is 3.79. The van der Waals surface area contributed by atoms with E-state index in [0.717, 1.165) is 44.6 Å². The van der Waals surface area contributed by atoms with Crippen LogP contribution in [0.2, 0.25) is 0 Å². The van der Waals surface area contributed by atoms with E-state index in [4.69, 9.17) is 0 Å². The quantitative estimate of drug-likeness (QED) is 0.918. The smallest absolute Gasteiger partial charge is 0.225 e. The maximum Gasteiger partial charge on any atom is 0.225 e. The van der Waals surface area contributed by atoms with Gasteiger partial charge in [0.05, 0.1) is 0 Å². The van der Waals surface area contributed by atoms with E-state index in [-0.39, 0.29) is 5.92 Å². The molecule has 0 radical (unpaired) electrons. The Morgan fingerprint density at radius 3 is 2.67 bits per heavy atom. The molecule has 0 atom stereocenters. The van der Waals surface area contributed by atoms with Crippen LogP contribution in [0.4, 0.5) is 5.82 Å². The fourth-order valence-electron chi connectivity index (χ4n) is 3.79. The van der Waals surface area contributed by atoms with Crippen LogP contribution in [0.15, 0.2) is 12.1 Å². The Morgan fingerprint density at radius 2 is 1.88 bits per heavy atom. The standard InChI is InChI=1S/C16H23N7O/c24-16(12-4-2-1-3-5-12)22-10-8-13(9-11-22)17-14-6-7-15-18-20-21-23(15)19-14/h6-7,12-13H,1-5,8-11H2,(H,17,19). The van der Waals surface area contributed by atoms with Gasteiger partial charge in [-0.3, -0.25) is 4.79 Å². The highest BCUT2D eigenvalue weighted by Crippen LogP contribution is 2.27. The molecular weight excluding hydrogens is 306 g/mol. The normalized spacial score (nSPS) is 20.4. The second-order valence-electron chi connectivity index (χ2n) is 6.82. The minimum absolute atomic E-state index is 0.271. The van der Waals surface area contributed by atoms with Crippen LogP contribution < -0.4 is 5.32 Å². The first-order chi connectivity index (χ1) is 11.8. The summed E-state index contributed by atoms with van der Waals surface area (Å²) in [6.07, 6.45) is 7.76. The van der Waals surface area contributed by atoms with Crippen molar-refractivity contribution in [1.29, 1.82) is 0 Å². The van der Waals surface area contributed by atoms with Crippen LogP contribution in [0.5, 0.6) is 0 Å². The molecule has 8 heteroatoms. The molecule has 1 amide bonds. The number of hydrogen-bond donors (Lipinski definition) is 1. The molecule has 0 aromatic carbocycles. The Morgan fingerprint density at radius 1 is 1.08 bits per heavy atom. The van der Waals surface area contributed by atoms with Crippen LogP contribution in [0.3, 0.4) is 0 Å². The lowest BCUT2D eigenvalue weighted by atomic mass is 9.87. The molecule has 0 spiro atoms. The number of amides is 1. The first-order valence-corrected chi connectivity index (χ1v) is 8.90. The first-order valence-electron chi connectivity index (χ1n) is 8.90. The highest BCUT2D eigenvalue weighted by Gasteiger charge is 2.29. The molecule has 1 saturated carbocycles. The molecular formula is C16H23N7O. The number of carbonyl (C=O) groups excluding carboxylic acids is 1. The van der Waals surface area contributed by atoms with Crippen LogP contribution in [0.25, 0.3) is 5.65 Å². The maximum absolute atomic E-state index is 12.6. The number of carbonyl (C=O) groups is 1. The monoisotopic (exact) mass is 329 g/mol. The zero-order valence-electron chi connectivity index (χ0n) is 13.8. The number of fused-ring (bicyclic) bond motifs is 1. The zero-order valence-corrected chi connectivity index (χ0v) is 13.8. The van der Waals surface area contributed by atoms with Gasteiger partial charge in [-0.1, -0.05) is 19.3 Å². The number of likely N-dealkylation sites (tertiary alicyclic amines) is 1. The number of hydrogen-bond acceptors (Lipinski definition) is 6. The van der Waals surface area contributed by atoms with E-state index in [0.29, 0.717) is 17.6 Å². The molecule has 2 aromatic rings. The summed E-state index contributed by atoms with van der Waals surface area (Å²) in [6, 6.07) is 4.07. The summed E-state index contributed by atoms with van der Waals surface area (Å²) in [4.78, 5) is 14.7. The lowest BCUT2D eigenvalue weighted by molar-refractivity contribution is -0.137. The molecule has 2 aliphatic rings. The topological polar surface area (TPSA) is 88.3 Å². The van der Waals surface area contributed by atoms with E-state index in [9.17, 15) is 4.79 Å². The molecule has 1 aliphatic heterocycles. The third-order valence-corrected chi connectivity index (χ3v) is 5.18. The van der Waals surface area contributed by atoms with Crippen molar-refractivity contribution in [3.05, 3.63) is 12.1 Å². The summed E-state index contributed by atoms with van der Waals surface area (Å²) >= 11 is 0. The highest BCUT2D eigenvalue weighted by molar-refractivity contribution is 5.79. The summed E-state index contributed by atoms with van der Waals surface area (Å²) in [6.45, 7) is 1.67. The molecule has 1 N–H and O–H groups in total. The molecule has 1 saturated heterocycles. The number of nitrogens with zero attached hydrogens (tertiary/aromatic N) is 6. The number of anilines is 1. The highest BCUT2D eigenvalue weighted by atomic mass is 16.2. The van der Waals surface area contributed by atoms with Gasteiger partial charge in [0.25, 0.3) is 0 Å². The van der Waals surface area contributed by atoms with Crippen molar-refractivity contribution in [2.75, 3.05) is 18.4 Å². The summed E-state index contributed by atoms with van der Waals surface area (Å²) in [7, 11) is 0. The van der Waals surface area contributed by atoms with Gasteiger partial charge in [-0.2, -0.15) is 0 Å². The first kappa shape index (κ1) is 15.3. The zero-order chi connectivity index (χ0) is 16.4. The SMILES string of the molecule is O=C(C1CCCCC1)N1CCC(Nc2ccc3nnnn3n2)CC1. The van der Waals surface area contributed by atoms with Gasteiger partial charge in [0.15, 0.2) is 5.65 Å². The van der Waals surface area contributed by atoms with Crippen LogP contribution in [0.1, 0.15) is 44.9 Å². The van der Waals surface area contributed by atoms with Gasteiger partial charge in [-0.15, -0.1) is 14.8 Å². The molecule has 8 nitrogen and oxygen atoms in total.